The Morgan fingerprint density at radius 2 is 2.62 bits per heavy atom. The van der Waals surface area contributed by atoms with Crippen LogP contribution < -0.4 is 0 Å². The van der Waals surface area contributed by atoms with Gasteiger partial charge in [0.1, 0.15) is 0 Å². The van der Waals surface area contributed by atoms with Crippen molar-refractivity contribution in [3.8, 4) is 0 Å². The molecule has 0 bridgehead atoms. The summed E-state index contributed by atoms with van der Waals surface area (Å²) in [6.07, 6.45) is 1.59. The van der Waals surface area contributed by atoms with Crippen molar-refractivity contribution in [3.63, 3.8) is 0 Å². The van der Waals surface area contributed by atoms with Crippen LogP contribution in [-0.2, 0) is 8.54 Å². The molecule has 1 atom stereocenters. The largest absolute Gasteiger partial charge is 0.707 e. The zero-order valence-corrected chi connectivity index (χ0v) is 5.82. The van der Waals surface area contributed by atoms with Gasteiger partial charge in [-0.3, -0.25) is 0 Å². The molecule has 1 N–H and O–H groups in total. The smallest absolute Gasteiger partial charge is 0.133 e. The van der Waals surface area contributed by atoms with Gasteiger partial charge < -0.3 is 0 Å². The fourth-order valence-electron chi connectivity index (χ4n) is 0.124. The average molecular weight is 153 g/mol. The Labute approximate surface area is 52.9 Å². The molecule has 8 heavy (non-hydrogen) atoms. The second-order valence-electron chi connectivity index (χ2n) is 0.886. The number of hydrogen-bond donors (Lipinski definition) is 1. The highest BCUT2D eigenvalue weighted by molar-refractivity contribution is 7.97. The molecule has 3 nitrogen and oxygen atoms in total. The van der Waals surface area contributed by atoms with Crippen molar-refractivity contribution in [2.24, 2.45) is 0 Å². The first-order chi connectivity index (χ1) is 3.77. The molecule has 0 radical (unpaired) electrons. The van der Waals surface area contributed by atoms with Gasteiger partial charge >= 0.3 is 8.25 Å². The summed E-state index contributed by atoms with van der Waals surface area (Å²) in [4.78, 5) is 8.01. The Morgan fingerprint density at radius 3 is 3.00 bits per heavy atom. The van der Waals surface area contributed by atoms with E-state index in [4.69, 9.17) is 4.89 Å². The van der Waals surface area contributed by atoms with Gasteiger partial charge in [0.05, 0.1) is 12.0 Å². The van der Waals surface area contributed by atoms with Gasteiger partial charge in [-0.1, -0.05) is 6.08 Å². The van der Waals surface area contributed by atoms with Crippen molar-refractivity contribution < 1.29 is 13.4 Å². The van der Waals surface area contributed by atoms with Crippen LogP contribution in [-0.4, -0.2) is 10.6 Å². The summed E-state index contributed by atoms with van der Waals surface area (Å²) in [5.41, 5.74) is 0. The highest BCUT2D eigenvalue weighted by Gasteiger charge is 2.10. The topological polar surface area (TPSA) is 46.5 Å². The van der Waals surface area contributed by atoms with E-state index in [1.807, 2.05) is 0 Å². The molecule has 0 aliphatic heterocycles. The molecule has 5 heteroatoms. The van der Waals surface area contributed by atoms with Crippen LogP contribution in [0, 0.1) is 0 Å². The van der Waals surface area contributed by atoms with Gasteiger partial charge in [-0.2, -0.15) is 0 Å². The van der Waals surface area contributed by atoms with Crippen molar-refractivity contribution in [2.45, 2.75) is 0 Å². The van der Waals surface area contributed by atoms with Crippen molar-refractivity contribution in [1.82, 2.24) is 0 Å². The van der Waals surface area contributed by atoms with Gasteiger partial charge in [-0.05, 0) is 3.97 Å². The molecule has 0 aliphatic rings. The molecular formula is C3H6O3PS+. The third-order valence-electron chi connectivity index (χ3n) is 0.302. The molecule has 0 aromatic rings. The molecule has 0 fully saturated rings. The van der Waals surface area contributed by atoms with Crippen LogP contribution in [0.15, 0.2) is 12.7 Å². The lowest BCUT2D eigenvalue weighted by atomic mass is 10.8. The van der Waals surface area contributed by atoms with Crippen LogP contribution in [0.2, 0.25) is 0 Å². The zero-order valence-electron chi connectivity index (χ0n) is 4.11. The van der Waals surface area contributed by atoms with Gasteiger partial charge in [0, 0.05) is 10.3 Å². The summed E-state index contributed by atoms with van der Waals surface area (Å²) in [6.45, 7) is 3.38. The van der Waals surface area contributed by atoms with Crippen molar-refractivity contribution in [2.75, 3.05) is 5.75 Å². The van der Waals surface area contributed by atoms with E-state index in [0.717, 1.165) is 12.0 Å². The summed E-state index contributed by atoms with van der Waals surface area (Å²) in [7, 11) is -2.45. The maximum Gasteiger partial charge on any atom is 0.707 e. The lowest BCUT2D eigenvalue weighted by Crippen LogP contribution is -1.66. The van der Waals surface area contributed by atoms with Crippen LogP contribution in [0.25, 0.3) is 0 Å². The number of rotatable bonds is 4. The predicted molar refractivity (Wildman–Crippen MR) is 33.6 cm³/mol. The molecule has 1 unspecified atom stereocenters. The first-order valence-electron chi connectivity index (χ1n) is 1.84. The fourth-order valence-corrected chi connectivity index (χ4v) is 0.824. The van der Waals surface area contributed by atoms with E-state index < -0.39 is 8.25 Å². The van der Waals surface area contributed by atoms with Crippen molar-refractivity contribution in [3.05, 3.63) is 12.7 Å². The number of hydrogen-bond acceptors (Lipinski definition) is 3. The molecule has 0 heterocycles. The highest BCUT2D eigenvalue weighted by atomic mass is 32.2. The molecule has 0 amide bonds. The third kappa shape index (κ3) is 6.11. The van der Waals surface area contributed by atoms with Crippen LogP contribution in [0.1, 0.15) is 0 Å². The van der Waals surface area contributed by atoms with E-state index in [2.05, 4.69) is 10.5 Å². The predicted octanol–water partition coefficient (Wildman–Crippen LogP) is 1.49. The Hall–Kier alpha value is 0.110. The normalized spacial score (nSPS) is 10.9. The van der Waals surface area contributed by atoms with E-state index in [0.29, 0.717) is 5.75 Å². The monoisotopic (exact) mass is 153 g/mol. The van der Waals surface area contributed by atoms with E-state index in [-0.39, 0.29) is 0 Å². The quantitative estimate of drug-likeness (QED) is 0.287. The van der Waals surface area contributed by atoms with Gasteiger partial charge in [-0.15, -0.1) is 11.5 Å². The van der Waals surface area contributed by atoms with E-state index in [1.165, 1.54) is 0 Å². The molecule has 0 aromatic heterocycles. The molecular weight excluding hydrogens is 147 g/mol. The first-order valence-corrected chi connectivity index (χ1v) is 3.88. The van der Waals surface area contributed by atoms with Gasteiger partial charge in [0.25, 0.3) is 0 Å². The molecule has 0 rings (SSSR count). The summed E-state index contributed by atoms with van der Waals surface area (Å²) in [5.74, 6) is 0.529. The SMILES string of the molecule is C=CCSO[P+](=O)O. The summed E-state index contributed by atoms with van der Waals surface area (Å²) < 4.78 is 13.9. The minimum absolute atomic E-state index is 0.529. The summed E-state index contributed by atoms with van der Waals surface area (Å²) >= 11 is 0.910. The van der Waals surface area contributed by atoms with E-state index in [9.17, 15) is 4.57 Å². The van der Waals surface area contributed by atoms with Crippen LogP contribution in [0.4, 0.5) is 0 Å². The standard InChI is InChI=1S/C3H5O3PS/c1-2-3-8-6-7(4)5/h2H,1,3H2/p+1. The van der Waals surface area contributed by atoms with E-state index >= 15 is 0 Å². The third-order valence-corrected chi connectivity index (χ3v) is 1.61. The molecule has 0 aromatic carbocycles. The van der Waals surface area contributed by atoms with Crippen LogP contribution in [0.5, 0.6) is 0 Å². The van der Waals surface area contributed by atoms with E-state index in [1.54, 1.807) is 6.08 Å². The van der Waals surface area contributed by atoms with Crippen LogP contribution in [0.3, 0.4) is 0 Å². The summed E-state index contributed by atoms with van der Waals surface area (Å²) in [5, 5.41) is 0. The fraction of sp³-hybridized carbons (Fsp3) is 0.333. The lowest BCUT2D eigenvalue weighted by Gasteiger charge is -1.77. The minimum atomic E-state index is -2.45. The molecule has 0 saturated heterocycles. The van der Waals surface area contributed by atoms with Gasteiger partial charge in [-0.25, -0.2) is 0 Å². The average Bonchev–Trinajstić information content (AvgIpc) is 1.66. The Bertz CT molecular complexity index is 94.5. The van der Waals surface area contributed by atoms with Crippen molar-refractivity contribution >= 4 is 20.3 Å². The lowest BCUT2D eigenvalue weighted by molar-refractivity contribution is 0.433. The second-order valence-corrected chi connectivity index (χ2v) is 2.53. The Balaban J connectivity index is 2.93. The first kappa shape index (κ1) is 8.11. The highest BCUT2D eigenvalue weighted by Crippen LogP contribution is 2.23. The molecule has 0 aliphatic carbocycles. The van der Waals surface area contributed by atoms with Crippen molar-refractivity contribution in [1.29, 1.82) is 0 Å². The molecule has 46 valence electrons. The van der Waals surface area contributed by atoms with Gasteiger partial charge in [0.2, 0.25) is 0 Å². The summed E-state index contributed by atoms with van der Waals surface area (Å²) in [6, 6.07) is 0. The Morgan fingerprint density at radius 1 is 2.00 bits per heavy atom. The second kappa shape index (κ2) is 5.25. The Kier molecular flexibility index (Phi) is 5.32. The zero-order chi connectivity index (χ0) is 6.41. The van der Waals surface area contributed by atoms with Crippen LogP contribution >= 0.6 is 20.3 Å². The van der Waals surface area contributed by atoms with Gasteiger partial charge in [0.15, 0.2) is 0 Å². The molecule has 0 saturated carbocycles. The maximum absolute atomic E-state index is 9.74. The molecule has 0 spiro atoms. The maximum atomic E-state index is 9.74. The minimum Gasteiger partial charge on any atom is -0.133 e.